The number of aliphatic hydroxyl groups excluding tert-OH is 3. The average molecular weight is 184 g/mol. The highest BCUT2D eigenvalue weighted by Gasteiger charge is 2.08. The molecule has 4 N–H and O–H groups in total. The standard InChI is InChI=1S/C9H12O4/c10-3-6-1-8(13)2-7(4-11)9(6)5-12/h1-2,10-13H,3-5H2. The zero-order chi connectivity index (χ0) is 9.84. The summed E-state index contributed by atoms with van der Waals surface area (Å²) in [5, 5.41) is 35.9. The molecule has 13 heavy (non-hydrogen) atoms. The van der Waals surface area contributed by atoms with Crippen LogP contribution in [0.2, 0.25) is 0 Å². The van der Waals surface area contributed by atoms with Gasteiger partial charge in [0.15, 0.2) is 0 Å². The molecule has 72 valence electrons. The molecule has 0 aromatic heterocycles. The number of hydrogen-bond acceptors (Lipinski definition) is 4. The van der Waals surface area contributed by atoms with Gasteiger partial charge in [-0.05, 0) is 28.8 Å². The molecule has 4 heteroatoms. The van der Waals surface area contributed by atoms with Crippen LogP contribution in [0.5, 0.6) is 5.75 Å². The fourth-order valence-corrected chi connectivity index (χ4v) is 1.26. The number of phenols is 1. The fraction of sp³-hybridized carbons (Fsp3) is 0.333. The Morgan fingerprint density at radius 3 is 1.62 bits per heavy atom. The van der Waals surface area contributed by atoms with Gasteiger partial charge in [0.25, 0.3) is 0 Å². The zero-order valence-corrected chi connectivity index (χ0v) is 7.06. The van der Waals surface area contributed by atoms with Gasteiger partial charge in [-0.1, -0.05) is 0 Å². The molecule has 0 heterocycles. The molecule has 0 amide bonds. The third-order valence-corrected chi connectivity index (χ3v) is 1.92. The van der Waals surface area contributed by atoms with E-state index in [1.165, 1.54) is 12.1 Å². The summed E-state index contributed by atoms with van der Waals surface area (Å²) >= 11 is 0. The minimum absolute atomic E-state index is 0.0229. The van der Waals surface area contributed by atoms with Crippen LogP contribution in [0.25, 0.3) is 0 Å². The maximum atomic E-state index is 9.17. The van der Waals surface area contributed by atoms with Gasteiger partial charge in [-0.25, -0.2) is 0 Å². The minimum atomic E-state index is -0.267. The van der Waals surface area contributed by atoms with Gasteiger partial charge >= 0.3 is 0 Å². The maximum Gasteiger partial charge on any atom is 0.116 e. The molecule has 0 aliphatic heterocycles. The van der Waals surface area contributed by atoms with Gasteiger partial charge in [0.1, 0.15) is 5.75 Å². The van der Waals surface area contributed by atoms with Gasteiger partial charge in [-0.3, -0.25) is 0 Å². The third-order valence-electron chi connectivity index (χ3n) is 1.92. The number of rotatable bonds is 3. The van der Waals surface area contributed by atoms with E-state index in [0.717, 1.165) is 0 Å². The molecule has 0 unspecified atom stereocenters. The topological polar surface area (TPSA) is 80.9 Å². The van der Waals surface area contributed by atoms with Crippen molar-refractivity contribution in [2.45, 2.75) is 19.8 Å². The van der Waals surface area contributed by atoms with Crippen LogP contribution in [0, 0.1) is 0 Å². The van der Waals surface area contributed by atoms with Crippen LogP contribution in [-0.4, -0.2) is 20.4 Å². The molecule has 0 atom stereocenters. The number of benzene rings is 1. The van der Waals surface area contributed by atoms with Crippen LogP contribution in [-0.2, 0) is 19.8 Å². The van der Waals surface area contributed by atoms with Crippen molar-refractivity contribution in [2.24, 2.45) is 0 Å². The van der Waals surface area contributed by atoms with Gasteiger partial charge < -0.3 is 20.4 Å². The molecule has 0 spiro atoms. The maximum absolute atomic E-state index is 9.17. The van der Waals surface area contributed by atoms with Crippen LogP contribution in [0.1, 0.15) is 16.7 Å². The first-order valence-electron chi connectivity index (χ1n) is 3.89. The molecule has 0 saturated heterocycles. The minimum Gasteiger partial charge on any atom is -0.508 e. The summed E-state index contributed by atoms with van der Waals surface area (Å²) in [5.74, 6) is -0.0229. The molecule has 0 radical (unpaired) electrons. The van der Waals surface area contributed by atoms with Gasteiger partial charge in [-0.2, -0.15) is 0 Å². The molecular weight excluding hydrogens is 172 g/mol. The van der Waals surface area contributed by atoms with E-state index in [9.17, 15) is 5.11 Å². The SMILES string of the molecule is OCc1cc(O)cc(CO)c1CO. The van der Waals surface area contributed by atoms with Crippen LogP contribution >= 0.6 is 0 Å². The molecule has 4 nitrogen and oxygen atoms in total. The van der Waals surface area contributed by atoms with Crippen molar-refractivity contribution in [1.82, 2.24) is 0 Å². The normalized spacial score (nSPS) is 10.4. The van der Waals surface area contributed by atoms with E-state index in [2.05, 4.69) is 0 Å². The summed E-state index contributed by atoms with van der Waals surface area (Å²) < 4.78 is 0. The summed E-state index contributed by atoms with van der Waals surface area (Å²) in [7, 11) is 0. The number of aliphatic hydroxyl groups is 3. The average Bonchev–Trinajstić information content (AvgIpc) is 2.16. The first kappa shape index (κ1) is 9.98. The summed E-state index contributed by atoms with van der Waals surface area (Å²) in [4.78, 5) is 0. The Morgan fingerprint density at radius 1 is 0.846 bits per heavy atom. The van der Waals surface area contributed by atoms with Crippen LogP contribution in [0.3, 0.4) is 0 Å². The smallest absolute Gasteiger partial charge is 0.116 e. The Hall–Kier alpha value is -1.10. The van der Waals surface area contributed by atoms with Gasteiger partial charge in [0, 0.05) is 0 Å². The summed E-state index contributed by atoms with van der Waals surface area (Å²) in [6, 6.07) is 2.73. The second kappa shape index (κ2) is 4.23. The molecular formula is C9H12O4. The predicted molar refractivity (Wildman–Crippen MR) is 45.9 cm³/mol. The molecule has 0 aliphatic carbocycles. The zero-order valence-electron chi connectivity index (χ0n) is 7.06. The van der Waals surface area contributed by atoms with Crippen LogP contribution in [0.15, 0.2) is 12.1 Å². The third kappa shape index (κ3) is 1.98. The highest BCUT2D eigenvalue weighted by atomic mass is 16.3. The van der Waals surface area contributed by atoms with Gasteiger partial charge in [0.05, 0.1) is 19.8 Å². The summed E-state index contributed by atoms with van der Waals surface area (Å²) in [6.07, 6.45) is 0. The molecule has 0 fully saturated rings. The highest BCUT2D eigenvalue weighted by molar-refractivity contribution is 5.40. The molecule has 1 aromatic rings. The summed E-state index contributed by atoms with van der Waals surface area (Å²) in [5.41, 5.74) is 1.35. The molecule has 0 saturated carbocycles. The van der Waals surface area contributed by atoms with Crippen molar-refractivity contribution in [3.8, 4) is 5.75 Å². The quantitative estimate of drug-likeness (QED) is 0.527. The lowest BCUT2D eigenvalue weighted by atomic mass is 10.0. The van der Waals surface area contributed by atoms with Gasteiger partial charge in [-0.15, -0.1) is 0 Å². The van der Waals surface area contributed by atoms with Crippen LogP contribution < -0.4 is 0 Å². The van der Waals surface area contributed by atoms with Crippen molar-refractivity contribution >= 4 is 0 Å². The Kier molecular flexibility index (Phi) is 3.25. The van der Waals surface area contributed by atoms with Crippen LogP contribution in [0.4, 0.5) is 0 Å². The lowest BCUT2D eigenvalue weighted by Gasteiger charge is -2.10. The Balaban J connectivity index is 3.25. The Labute approximate surface area is 75.7 Å². The van der Waals surface area contributed by atoms with Gasteiger partial charge in [0.2, 0.25) is 0 Å². The summed E-state index contributed by atoms with van der Waals surface area (Å²) in [6.45, 7) is -0.791. The van der Waals surface area contributed by atoms with E-state index in [4.69, 9.17) is 15.3 Å². The highest BCUT2D eigenvalue weighted by Crippen LogP contribution is 2.22. The van der Waals surface area contributed by atoms with E-state index in [0.29, 0.717) is 16.7 Å². The van der Waals surface area contributed by atoms with Crippen molar-refractivity contribution in [3.63, 3.8) is 0 Å². The van der Waals surface area contributed by atoms with E-state index < -0.39 is 0 Å². The molecule has 0 aliphatic rings. The van der Waals surface area contributed by atoms with E-state index in [1.54, 1.807) is 0 Å². The first-order chi connectivity index (χ1) is 6.22. The first-order valence-corrected chi connectivity index (χ1v) is 3.89. The molecule has 1 aromatic carbocycles. The largest absolute Gasteiger partial charge is 0.508 e. The van der Waals surface area contributed by atoms with Crippen molar-refractivity contribution < 1.29 is 20.4 Å². The lowest BCUT2D eigenvalue weighted by Crippen LogP contribution is -2.00. The van der Waals surface area contributed by atoms with Crippen molar-refractivity contribution in [2.75, 3.05) is 0 Å². The van der Waals surface area contributed by atoms with E-state index in [1.807, 2.05) is 0 Å². The number of aromatic hydroxyl groups is 1. The molecule has 0 bridgehead atoms. The molecule has 1 rings (SSSR count). The number of phenolic OH excluding ortho intramolecular Hbond substituents is 1. The van der Waals surface area contributed by atoms with E-state index in [-0.39, 0.29) is 25.6 Å². The lowest BCUT2D eigenvalue weighted by molar-refractivity contribution is 0.246. The van der Waals surface area contributed by atoms with Crippen molar-refractivity contribution in [1.29, 1.82) is 0 Å². The second-order valence-corrected chi connectivity index (χ2v) is 2.72. The Bertz CT molecular complexity index is 271. The second-order valence-electron chi connectivity index (χ2n) is 2.72. The fourth-order valence-electron chi connectivity index (χ4n) is 1.26. The predicted octanol–water partition coefficient (Wildman–Crippen LogP) is -0.131. The number of hydrogen-bond donors (Lipinski definition) is 4. The Morgan fingerprint density at radius 2 is 1.31 bits per heavy atom. The monoisotopic (exact) mass is 184 g/mol. The van der Waals surface area contributed by atoms with E-state index >= 15 is 0 Å². The van der Waals surface area contributed by atoms with Crippen molar-refractivity contribution in [3.05, 3.63) is 28.8 Å².